The van der Waals surface area contributed by atoms with Gasteiger partial charge in [-0.3, -0.25) is 28.8 Å². The monoisotopic (exact) mass is 941 g/mol. The van der Waals surface area contributed by atoms with Crippen molar-refractivity contribution >= 4 is 41.4 Å². The molecule has 3 rings (SSSR count). The van der Waals surface area contributed by atoms with E-state index in [0.717, 1.165) is 80.9 Å². The molecule has 0 fully saturated rings. The number of carbonyl (C=O) groups excluding carboxylic acids is 6. The Morgan fingerprint density at radius 2 is 0.809 bits per heavy atom. The standard InChI is InChI=1S/C53H76N6O9/c1-37(2)33-43(50(64)56-42(49(54)63)34-39-25-17-14-18-26-39)57-52(66)48(38(3)60)59-47(62)32-24-13-11-9-7-5-4-6-8-10-12-23-31-46(61)55-44(35-40-27-19-15-20-28-40)51(65)58-45(53(67)68)36-41-29-21-16-22-30-41/h14-22,25-30,37-38,42-45,48,60H,4-13,23-24,31-36H2,1-3H3,(H2,54,63)(H,55,61)(H,56,64)(H,57,66)(H,58,65)(H,59,62)(H,67,68)/t38-,42+,43+,44+,45+,48+/m1/s1. The molecule has 0 bridgehead atoms. The molecule has 0 saturated heterocycles. The number of benzene rings is 3. The number of aliphatic hydroxyl groups is 1. The highest BCUT2D eigenvalue weighted by Gasteiger charge is 2.32. The van der Waals surface area contributed by atoms with Crippen LogP contribution >= 0.6 is 0 Å². The third kappa shape index (κ3) is 23.1. The van der Waals surface area contributed by atoms with Crippen molar-refractivity contribution in [3.8, 4) is 0 Å². The van der Waals surface area contributed by atoms with E-state index in [9.17, 15) is 43.8 Å². The Balaban J connectivity index is 1.28. The van der Waals surface area contributed by atoms with Gasteiger partial charge in [-0.1, -0.05) is 169 Å². The van der Waals surface area contributed by atoms with Gasteiger partial charge in [-0.05, 0) is 48.8 Å². The van der Waals surface area contributed by atoms with Crippen LogP contribution in [0.2, 0.25) is 0 Å². The summed E-state index contributed by atoms with van der Waals surface area (Å²) in [5.74, 6) is -4.27. The molecule has 372 valence electrons. The van der Waals surface area contributed by atoms with Gasteiger partial charge in [-0.2, -0.15) is 0 Å². The Morgan fingerprint density at radius 1 is 0.456 bits per heavy atom. The lowest BCUT2D eigenvalue weighted by molar-refractivity contribution is -0.142. The number of carbonyl (C=O) groups is 7. The van der Waals surface area contributed by atoms with Crippen LogP contribution in [-0.2, 0) is 52.8 Å². The zero-order chi connectivity index (χ0) is 49.7. The second kappa shape index (κ2) is 31.8. The Bertz CT molecular complexity index is 1980. The van der Waals surface area contributed by atoms with E-state index in [1.54, 1.807) is 0 Å². The van der Waals surface area contributed by atoms with Crippen molar-refractivity contribution in [2.45, 2.75) is 173 Å². The lowest BCUT2D eigenvalue weighted by Crippen LogP contribution is -2.59. The van der Waals surface area contributed by atoms with Crippen molar-refractivity contribution in [2.24, 2.45) is 11.7 Å². The maximum atomic E-state index is 13.4. The smallest absolute Gasteiger partial charge is 0.326 e. The molecule has 0 aliphatic heterocycles. The third-order valence-electron chi connectivity index (χ3n) is 11.8. The molecule has 0 aliphatic carbocycles. The van der Waals surface area contributed by atoms with Crippen LogP contribution in [0.1, 0.15) is 134 Å². The van der Waals surface area contributed by atoms with Gasteiger partial charge in [-0.15, -0.1) is 0 Å². The number of hydrogen-bond donors (Lipinski definition) is 8. The van der Waals surface area contributed by atoms with Crippen LogP contribution in [0.3, 0.4) is 0 Å². The van der Waals surface area contributed by atoms with Crippen molar-refractivity contribution in [1.29, 1.82) is 0 Å². The van der Waals surface area contributed by atoms with E-state index in [1.807, 2.05) is 105 Å². The highest BCUT2D eigenvalue weighted by Crippen LogP contribution is 2.15. The molecule has 0 saturated carbocycles. The van der Waals surface area contributed by atoms with E-state index < -0.39 is 65.9 Å². The van der Waals surface area contributed by atoms with Crippen LogP contribution in [0.4, 0.5) is 0 Å². The predicted molar refractivity (Wildman–Crippen MR) is 263 cm³/mol. The molecule has 68 heavy (non-hydrogen) atoms. The van der Waals surface area contributed by atoms with Crippen molar-refractivity contribution in [1.82, 2.24) is 26.6 Å². The van der Waals surface area contributed by atoms with Gasteiger partial charge >= 0.3 is 5.97 Å². The molecule has 0 spiro atoms. The average molecular weight is 941 g/mol. The molecule has 15 nitrogen and oxygen atoms in total. The van der Waals surface area contributed by atoms with Crippen molar-refractivity contribution in [3.05, 3.63) is 108 Å². The van der Waals surface area contributed by atoms with Crippen LogP contribution in [0.5, 0.6) is 0 Å². The van der Waals surface area contributed by atoms with Crippen LogP contribution in [-0.4, -0.2) is 87.9 Å². The first-order valence-corrected chi connectivity index (χ1v) is 24.4. The number of rotatable bonds is 34. The quantitative estimate of drug-likeness (QED) is 0.0347. The van der Waals surface area contributed by atoms with Gasteiger partial charge in [0, 0.05) is 32.1 Å². The van der Waals surface area contributed by atoms with Crippen molar-refractivity contribution < 1.29 is 43.8 Å². The van der Waals surface area contributed by atoms with Gasteiger partial charge in [-0.25, -0.2) is 4.79 Å². The molecule has 6 atom stereocenters. The summed E-state index contributed by atoms with van der Waals surface area (Å²) in [6.07, 6.45) is 11.6. The molecule has 0 unspecified atom stereocenters. The zero-order valence-electron chi connectivity index (χ0n) is 40.3. The van der Waals surface area contributed by atoms with E-state index in [1.165, 1.54) is 6.92 Å². The number of carboxylic acids is 1. The number of aliphatic carboxylic acids is 1. The summed E-state index contributed by atoms with van der Waals surface area (Å²) < 4.78 is 0. The summed E-state index contributed by atoms with van der Waals surface area (Å²) in [5.41, 5.74) is 8.04. The maximum absolute atomic E-state index is 13.4. The van der Waals surface area contributed by atoms with Crippen molar-refractivity contribution in [2.75, 3.05) is 0 Å². The van der Waals surface area contributed by atoms with E-state index in [2.05, 4.69) is 26.6 Å². The molecule has 0 aromatic heterocycles. The lowest BCUT2D eigenvalue weighted by atomic mass is 10.0. The molecular formula is C53H76N6O9. The fraction of sp³-hybridized carbons (Fsp3) is 0.528. The molecule has 3 aromatic rings. The van der Waals surface area contributed by atoms with Crippen LogP contribution in [0, 0.1) is 5.92 Å². The minimum absolute atomic E-state index is 0.00226. The van der Waals surface area contributed by atoms with Gasteiger partial charge in [0.15, 0.2) is 0 Å². The first-order chi connectivity index (χ1) is 32.6. The predicted octanol–water partition coefficient (Wildman–Crippen LogP) is 5.60. The number of nitrogens with two attached hydrogens (primary N) is 1. The van der Waals surface area contributed by atoms with Crippen LogP contribution in [0.25, 0.3) is 0 Å². The second-order valence-corrected chi connectivity index (χ2v) is 18.3. The minimum atomic E-state index is -1.27. The van der Waals surface area contributed by atoms with Gasteiger partial charge in [0.05, 0.1) is 6.10 Å². The topological polar surface area (TPSA) is 246 Å². The maximum Gasteiger partial charge on any atom is 0.326 e. The number of nitrogens with one attached hydrogen (secondary N) is 5. The second-order valence-electron chi connectivity index (χ2n) is 18.3. The first-order valence-electron chi connectivity index (χ1n) is 24.4. The number of amides is 6. The van der Waals surface area contributed by atoms with Gasteiger partial charge < -0.3 is 42.5 Å². The summed E-state index contributed by atoms with van der Waals surface area (Å²) in [4.78, 5) is 90.0. The molecule has 3 aromatic carbocycles. The van der Waals surface area contributed by atoms with E-state index in [-0.39, 0.29) is 56.3 Å². The normalized spacial score (nSPS) is 13.8. The first kappa shape index (κ1) is 56.2. The summed E-state index contributed by atoms with van der Waals surface area (Å²) in [5, 5.41) is 33.7. The highest BCUT2D eigenvalue weighted by molar-refractivity contribution is 5.94. The summed E-state index contributed by atoms with van der Waals surface area (Å²) in [7, 11) is 0. The molecule has 0 heterocycles. The number of aliphatic hydroxyl groups excluding tert-OH is 1. The van der Waals surface area contributed by atoms with Crippen molar-refractivity contribution in [3.63, 3.8) is 0 Å². The Morgan fingerprint density at radius 3 is 1.21 bits per heavy atom. The van der Waals surface area contributed by atoms with Gasteiger partial charge in [0.25, 0.3) is 0 Å². The molecule has 15 heteroatoms. The highest BCUT2D eigenvalue weighted by atomic mass is 16.4. The Hall–Kier alpha value is -6.09. The minimum Gasteiger partial charge on any atom is -0.480 e. The molecule has 0 aliphatic rings. The van der Waals surface area contributed by atoms with E-state index >= 15 is 0 Å². The fourth-order valence-electron chi connectivity index (χ4n) is 7.95. The Kier molecular flexibility index (Phi) is 26.3. The molecule has 0 radical (unpaired) electrons. The number of unbranched alkanes of at least 4 members (excludes halogenated alkanes) is 11. The largest absolute Gasteiger partial charge is 0.480 e. The number of hydrogen-bond acceptors (Lipinski definition) is 8. The SMILES string of the molecule is CC(C)C[C@H](NC(=O)[C@@H](NC(=O)CCCCCCCCCCCCCCC(=O)N[C@@H](Cc1ccccc1)C(=O)N[C@@H](Cc1ccccc1)C(=O)O)[C@@H](C)O)C(=O)N[C@@H](Cc1ccccc1)C(N)=O. The number of carboxylic acid groups (broad SMARTS) is 1. The van der Waals surface area contributed by atoms with E-state index in [4.69, 9.17) is 5.73 Å². The van der Waals surface area contributed by atoms with Gasteiger partial charge in [0.2, 0.25) is 35.4 Å². The summed E-state index contributed by atoms with van der Waals surface area (Å²) >= 11 is 0. The van der Waals surface area contributed by atoms with Crippen LogP contribution in [0.15, 0.2) is 91.0 Å². The third-order valence-corrected chi connectivity index (χ3v) is 11.8. The van der Waals surface area contributed by atoms with Crippen LogP contribution < -0.4 is 32.3 Å². The lowest BCUT2D eigenvalue weighted by Gasteiger charge is -2.26. The fourth-order valence-corrected chi connectivity index (χ4v) is 7.95. The summed E-state index contributed by atoms with van der Waals surface area (Å²) in [6, 6.07) is 22.2. The Labute approximate surface area is 402 Å². The molecular weight excluding hydrogens is 865 g/mol. The summed E-state index contributed by atoms with van der Waals surface area (Å²) in [6.45, 7) is 5.18. The molecule has 6 amide bonds. The number of primary amides is 1. The zero-order valence-corrected chi connectivity index (χ0v) is 40.3. The average Bonchev–Trinajstić information content (AvgIpc) is 3.30. The van der Waals surface area contributed by atoms with E-state index in [0.29, 0.717) is 12.8 Å². The van der Waals surface area contributed by atoms with Gasteiger partial charge in [0.1, 0.15) is 30.2 Å². The molecule has 9 N–H and O–H groups in total.